The number of hydrogen-bond donors (Lipinski definition) is 1. The highest BCUT2D eigenvalue weighted by Gasteiger charge is 2.22. The van der Waals surface area contributed by atoms with Crippen molar-refractivity contribution in [3.8, 4) is 0 Å². The quantitative estimate of drug-likeness (QED) is 0.648. The molecule has 0 spiro atoms. The largest absolute Gasteiger partial charge is 0.449 e. The zero-order valence-electron chi connectivity index (χ0n) is 17.1. The number of nitrogens with zero attached hydrogens (tertiary/aromatic N) is 4. The number of benzene rings is 1. The van der Waals surface area contributed by atoms with E-state index in [1.54, 1.807) is 27.6 Å². The molecule has 1 unspecified atom stereocenters. The van der Waals surface area contributed by atoms with Crippen LogP contribution in [0.2, 0.25) is 0 Å². The lowest BCUT2D eigenvalue weighted by molar-refractivity contribution is -0.123. The zero-order valence-corrected chi connectivity index (χ0v) is 17.1. The second kappa shape index (κ2) is 7.74. The molecule has 1 atom stereocenters. The van der Waals surface area contributed by atoms with Gasteiger partial charge in [0.25, 0.3) is 11.5 Å². The van der Waals surface area contributed by atoms with Crippen molar-refractivity contribution in [2.75, 3.05) is 5.32 Å². The number of carbonyl (C=O) groups is 2. The molecule has 0 aliphatic carbocycles. The summed E-state index contributed by atoms with van der Waals surface area (Å²) in [6.45, 7) is 6.06. The Kier molecular flexibility index (Phi) is 5.11. The number of carbonyl (C=O) groups excluding carboxylic acids is 2. The number of amides is 1. The normalized spacial score (nSPS) is 14.0. The topological polar surface area (TPSA) is 108 Å². The molecule has 0 radical (unpaired) electrons. The minimum atomic E-state index is -1.01. The van der Waals surface area contributed by atoms with Crippen molar-refractivity contribution in [1.29, 1.82) is 0 Å². The molecule has 3 heterocycles. The maximum atomic E-state index is 12.6. The van der Waals surface area contributed by atoms with Gasteiger partial charge in [0.15, 0.2) is 6.10 Å². The number of hydrogen-bond acceptors (Lipinski definition) is 6. The van der Waals surface area contributed by atoms with Gasteiger partial charge >= 0.3 is 5.97 Å². The molecule has 2 aromatic heterocycles. The first kappa shape index (κ1) is 19.8. The van der Waals surface area contributed by atoms with E-state index in [0.29, 0.717) is 23.3 Å². The van der Waals surface area contributed by atoms with Crippen LogP contribution in [0.1, 0.15) is 49.4 Å². The molecule has 0 saturated heterocycles. The van der Waals surface area contributed by atoms with Crippen molar-refractivity contribution < 1.29 is 14.3 Å². The van der Waals surface area contributed by atoms with Gasteiger partial charge in [0.05, 0.1) is 22.7 Å². The Bertz CT molecular complexity index is 1190. The van der Waals surface area contributed by atoms with E-state index in [2.05, 4.69) is 15.4 Å². The van der Waals surface area contributed by atoms with Crippen LogP contribution in [0.15, 0.2) is 35.3 Å². The van der Waals surface area contributed by atoms with Crippen LogP contribution in [0.5, 0.6) is 0 Å². The molecule has 0 bridgehead atoms. The summed E-state index contributed by atoms with van der Waals surface area (Å²) in [5.74, 6) is 0.148. The number of esters is 1. The first-order chi connectivity index (χ1) is 14.3. The summed E-state index contributed by atoms with van der Waals surface area (Å²) < 4.78 is 8.67. The smallest absolute Gasteiger partial charge is 0.338 e. The van der Waals surface area contributed by atoms with E-state index in [9.17, 15) is 14.4 Å². The Labute approximate surface area is 172 Å². The SMILES string of the molecule is CC(OC(=O)c1ccc2c(=O)n3c(nc2c1)CCC3)C(=O)Nc1ccnn1C(C)C. The molecular formula is C21H23N5O4. The third kappa shape index (κ3) is 3.58. The van der Waals surface area contributed by atoms with E-state index in [1.165, 1.54) is 19.1 Å². The summed E-state index contributed by atoms with van der Waals surface area (Å²) in [6, 6.07) is 6.39. The van der Waals surface area contributed by atoms with Crippen LogP contribution in [-0.4, -0.2) is 37.3 Å². The highest BCUT2D eigenvalue weighted by molar-refractivity contribution is 5.98. The van der Waals surface area contributed by atoms with Gasteiger partial charge in [-0.15, -0.1) is 0 Å². The van der Waals surface area contributed by atoms with E-state index in [0.717, 1.165) is 18.7 Å². The number of rotatable bonds is 5. The number of aromatic nitrogens is 4. The van der Waals surface area contributed by atoms with Crippen LogP contribution < -0.4 is 10.9 Å². The summed E-state index contributed by atoms with van der Waals surface area (Å²) in [4.78, 5) is 42.1. The van der Waals surface area contributed by atoms with Gasteiger partial charge in [-0.25, -0.2) is 14.5 Å². The lowest BCUT2D eigenvalue weighted by atomic mass is 10.1. The zero-order chi connectivity index (χ0) is 21.4. The maximum Gasteiger partial charge on any atom is 0.338 e. The molecule has 1 aliphatic rings. The summed E-state index contributed by atoms with van der Waals surface area (Å²) in [7, 11) is 0. The molecule has 4 rings (SSSR count). The molecule has 1 aliphatic heterocycles. The van der Waals surface area contributed by atoms with Crippen molar-refractivity contribution in [3.63, 3.8) is 0 Å². The molecule has 9 nitrogen and oxygen atoms in total. The molecule has 156 valence electrons. The average molecular weight is 409 g/mol. The van der Waals surface area contributed by atoms with Crippen LogP contribution in [0.4, 0.5) is 5.82 Å². The maximum absolute atomic E-state index is 12.6. The van der Waals surface area contributed by atoms with Crippen molar-refractivity contribution in [3.05, 3.63) is 52.2 Å². The number of fused-ring (bicyclic) bond motifs is 2. The third-order valence-electron chi connectivity index (χ3n) is 5.12. The van der Waals surface area contributed by atoms with E-state index < -0.39 is 18.0 Å². The molecule has 0 fully saturated rings. The van der Waals surface area contributed by atoms with Gasteiger partial charge in [0.1, 0.15) is 11.6 Å². The number of anilines is 1. The minimum Gasteiger partial charge on any atom is -0.449 e. The van der Waals surface area contributed by atoms with Crippen LogP contribution in [0.3, 0.4) is 0 Å². The summed E-state index contributed by atoms with van der Waals surface area (Å²) in [5.41, 5.74) is 0.603. The van der Waals surface area contributed by atoms with Gasteiger partial charge in [-0.05, 0) is 45.4 Å². The van der Waals surface area contributed by atoms with Gasteiger partial charge < -0.3 is 10.1 Å². The molecule has 0 saturated carbocycles. The summed E-state index contributed by atoms with van der Waals surface area (Å²) in [6.07, 6.45) is 2.20. The predicted molar refractivity (Wildman–Crippen MR) is 110 cm³/mol. The lowest BCUT2D eigenvalue weighted by Gasteiger charge is -2.16. The van der Waals surface area contributed by atoms with E-state index in [-0.39, 0.29) is 17.2 Å². The average Bonchev–Trinajstić information content (AvgIpc) is 3.37. The molecular weight excluding hydrogens is 386 g/mol. The highest BCUT2D eigenvalue weighted by Crippen LogP contribution is 2.18. The van der Waals surface area contributed by atoms with Gasteiger partial charge in [-0.1, -0.05) is 0 Å². The monoisotopic (exact) mass is 409 g/mol. The fourth-order valence-electron chi connectivity index (χ4n) is 3.55. The second-order valence-electron chi connectivity index (χ2n) is 7.61. The van der Waals surface area contributed by atoms with Gasteiger partial charge in [-0.3, -0.25) is 14.2 Å². The van der Waals surface area contributed by atoms with Gasteiger partial charge in [-0.2, -0.15) is 5.10 Å². The van der Waals surface area contributed by atoms with Crippen molar-refractivity contribution in [2.24, 2.45) is 0 Å². The van der Waals surface area contributed by atoms with Crippen LogP contribution >= 0.6 is 0 Å². The molecule has 9 heteroatoms. The van der Waals surface area contributed by atoms with E-state index in [4.69, 9.17) is 4.74 Å². The predicted octanol–water partition coefficient (Wildman–Crippen LogP) is 2.30. The molecule has 30 heavy (non-hydrogen) atoms. The Hall–Kier alpha value is -3.49. The van der Waals surface area contributed by atoms with Gasteiger partial charge in [0, 0.05) is 25.1 Å². The Balaban J connectivity index is 1.49. The Morgan fingerprint density at radius 2 is 2.00 bits per heavy atom. The molecule has 1 N–H and O–H groups in total. The standard InChI is InChI=1S/C21H23N5O4/c1-12(2)26-18(8-9-22-26)24-19(27)13(3)30-21(29)14-6-7-15-16(11-14)23-17-5-4-10-25(17)20(15)28/h6-9,11-13H,4-5,10H2,1-3H3,(H,24,27). The first-order valence-electron chi connectivity index (χ1n) is 9.94. The highest BCUT2D eigenvalue weighted by atomic mass is 16.5. The Morgan fingerprint density at radius 3 is 2.77 bits per heavy atom. The molecule has 3 aromatic rings. The van der Waals surface area contributed by atoms with Crippen LogP contribution in [0, 0.1) is 0 Å². The number of aryl methyl sites for hydroxylation is 1. The van der Waals surface area contributed by atoms with E-state index in [1.807, 2.05) is 13.8 Å². The molecule has 1 aromatic carbocycles. The fraction of sp³-hybridized carbons (Fsp3) is 0.381. The Morgan fingerprint density at radius 1 is 1.20 bits per heavy atom. The number of nitrogens with one attached hydrogen (secondary N) is 1. The van der Waals surface area contributed by atoms with E-state index >= 15 is 0 Å². The first-order valence-corrected chi connectivity index (χ1v) is 9.94. The van der Waals surface area contributed by atoms with Crippen molar-refractivity contribution in [2.45, 2.75) is 52.3 Å². The van der Waals surface area contributed by atoms with Crippen LogP contribution in [0.25, 0.3) is 10.9 Å². The fourth-order valence-corrected chi connectivity index (χ4v) is 3.55. The second-order valence-corrected chi connectivity index (χ2v) is 7.61. The number of ether oxygens (including phenoxy) is 1. The van der Waals surface area contributed by atoms with Crippen molar-refractivity contribution >= 4 is 28.6 Å². The van der Waals surface area contributed by atoms with Crippen LogP contribution in [-0.2, 0) is 22.5 Å². The van der Waals surface area contributed by atoms with Crippen molar-refractivity contribution in [1.82, 2.24) is 19.3 Å². The third-order valence-corrected chi connectivity index (χ3v) is 5.12. The molecule has 1 amide bonds. The summed E-state index contributed by atoms with van der Waals surface area (Å²) >= 11 is 0. The summed E-state index contributed by atoms with van der Waals surface area (Å²) in [5, 5.41) is 7.34. The minimum absolute atomic E-state index is 0.0729. The van der Waals surface area contributed by atoms with Gasteiger partial charge in [0.2, 0.25) is 0 Å². The lowest BCUT2D eigenvalue weighted by Crippen LogP contribution is -2.31.